The molecule has 0 saturated heterocycles. The van der Waals surface area contributed by atoms with Gasteiger partial charge in [0.2, 0.25) is 5.82 Å². The van der Waals surface area contributed by atoms with Crippen molar-refractivity contribution < 1.29 is 18.8 Å². The van der Waals surface area contributed by atoms with Gasteiger partial charge in [-0.15, -0.1) is 0 Å². The third-order valence-corrected chi connectivity index (χ3v) is 3.58. The van der Waals surface area contributed by atoms with Crippen LogP contribution in [0.25, 0.3) is 11.4 Å². The lowest BCUT2D eigenvalue weighted by molar-refractivity contribution is 0.0426. The van der Waals surface area contributed by atoms with Crippen LogP contribution in [-0.2, 0) is 11.3 Å². The molecular formula is C15H12N2O4S. The van der Waals surface area contributed by atoms with E-state index in [1.807, 2.05) is 16.8 Å². The highest BCUT2D eigenvalue weighted by molar-refractivity contribution is 7.08. The quantitative estimate of drug-likeness (QED) is 0.673. The molecular weight excluding hydrogens is 304 g/mol. The molecule has 2 aromatic heterocycles. The van der Waals surface area contributed by atoms with Gasteiger partial charge in [0.25, 0.3) is 5.89 Å². The van der Waals surface area contributed by atoms with Crippen molar-refractivity contribution >= 4 is 17.3 Å². The van der Waals surface area contributed by atoms with Gasteiger partial charge in [-0.25, -0.2) is 4.79 Å². The molecule has 0 aliphatic rings. The van der Waals surface area contributed by atoms with Crippen LogP contribution in [0, 0.1) is 0 Å². The molecule has 0 atom stereocenters. The number of carbonyl (C=O) groups is 1. The summed E-state index contributed by atoms with van der Waals surface area (Å²) in [6.45, 7) is -0.0893. The zero-order chi connectivity index (χ0) is 15.4. The monoisotopic (exact) mass is 316 g/mol. The standard InChI is InChI=1S/C15H12N2O4S/c1-19-12-5-3-2-4-11(12)15(18)20-8-13-16-14(17-21-13)10-6-7-22-9-10/h2-7,9H,8H2,1H3. The van der Waals surface area contributed by atoms with Gasteiger partial charge in [-0.3, -0.25) is 0 Å². The molecule has 22 heavy (non-hydrogen) atoms. The summed E-state index contributed by atoms with van der Waals surface area (Å²) in [7, 11) is 1.50. The normalized spacial score (nSPS) is 10.4. The van der Waals surface area contributed by atoms with E-state index in [-0.39, 0.29) is 12.5 Å². The summed E-state index contributed by atoms with van der Waals surface area (Å²) in [5.74, 6) is 0.666. The van der Waals surface area contributed by atoms with E-state index in [1.54, 1.807) is 35.6 Å². The van der Waals surface area contributed by atoms with Crippen molar-refractivity contribution in [3.8, 4) is 17.1 Å². The van der Waals surface area contributed by atoms with Crippen LogP contribution in [0.3, 0.4) is 0 Å². The highest BCUT2D eigenvalue weighted by atomic mass is 32.1. The lowest BCUT2D eigenvalue weighted by Gasteiger charge is -2.06. The van der Waals surface area contributed by atoms with E-state index in [0.717, 1.165) is 5.56 Å². The Morgan fingerprint density at radius 2 is 2.18 bits per heavy atom. The molecule has 6 nitrogen and oxygen atoms in total. The third-order valence-electron chi connectivity index (χ3n) is 2.90. The average molecular weight is 316 g/mol. The van der Waals surface area contributed by atoms with Crippen molar-refractivity contribution in [1.82, 2.24) is 10.1 Å². The smallest absolute Gasteiger partial charge is 0.342 e. The van der Waals surface area contributed by atoms with Crippen molar-refractivity contribution in [3.63, 3.8) is 0 Å². The molecule has 7 heteroatoms. The molecule has 3 aromatic rings. The number of benzene rings is 1. The second kappa shape index (κ2) is 6.40. The topological polar surface area (TPSA) is 74.5 Å². The highest BCUT2D eigenvalue weighted by Crippen LogP contribution is 2.20. The first-order valence-electron chi connectivity index (χ1n) is 6.43. The molecule has 112 valence electrons. The van der Waals surface area contributed by atoms with Crippen LogP contribution in [0.5, 0.6) is 5.75 Å². The molecule has 0 saturated carbocycles. The van der Waals surface area contributed by atoms with Gasteiger partial charge in [-0.1, -0.05) is 17.3 Å². The van der Waals surface area contributed by atoms with Crippen LogP contribution in [0.1, 0.15) is 16.2 Å². The average Bonchev–Trinajstić information content (AvgIpc) is 3.23. The maximum atomic E-state index is 12.0. The zero-order valence-corrected chi connectivity index (χ0v) is 12.5. The number of carbonyl (C=O) groups excluding carboxylic acids is 1. The number of hydrogen-bond donors (Lipinski definition) is 0. The van der Waals surface area contributed by atoms with Gasteiger partial charge in [0.1, 0.15) is 11.3 Å². The summed E-state index contributed by atoms with van der Waals surface area (Å²) in [6, 6.07) is 8.73. The lowest BCUT2D eigenvalue weighted by atomic mass is 10.2. The minimum absolute atomic E-state index is 0.0893. The number of esters is 1. The summed E-state index contributed by atoms with van der Waals surface area (Å²) in [5, 5.41) is 7.68. The first-order valence-corrected chi connectivity index (χ1v) is 7.37. The summed E-state index contributed by atoms with van der Waals surface area (Å²) >= 11 is 1.54. The van der Waals surface area contributed by atoms with Crippen molar-refractivity contribution in [2.24, 2.45) is 0 Å². The fourth-order valence-electron chi connectivity index (χ4n) is 1.84. The minimum Gasteiger partial charge on any atom is -0.496 e. The Bertz CT molecular complexity index is 767. The van der Waals surface area contributed by atoms with Crippen molar-refractivity contribution in [2.45, 2.75) is 6.61 Å². The molecule has 0 N–H and O–H groups in total. The first-order chi connectivity index (χ1) is 10.8. The van der Waals surface area contributed by atoms with Crippen molar-refractivity contribution in [1.29, 1.82) is 0 Å². The van der Waals surface area contributed by atoms with Crippen molar-refractivity contribution in [2.75, 3.05) is 7.11 Å². The maximum absolute atomic E-state index is 12.0. The molecule has 0 bridgehead atoms. The summed E-state index contributed by atoms with van der Waals surface area (Å²) in [5.41, 5.74) is 1.22. The van der Waals surface area contributed by atoms with E-state index in [2.05, 4.69) is 10.1 Å². The second-order valence-corrected chi connectivity index (χ2v) is 5.08. The van der Waals surface area contributed by atoms with Gasteiger partial charge >= 0.3 is 5.97 Å². The van der Waals surface area contributed by atoms with Crippen LogP contribution in [0.2, 0.25) is 0 Å². The SMILES string of the molecule is COc1ccccc1C(=O)OCc1nc(-c2ccsc2)no1. The van der Waals surface area contributed by atoms with Gasteiger partial charge in [-0.2, -0.15) is 16.3 Å². The van der Waals surface area contributed by atoms with E-state index in [0.29, 0.717) is 17.1 Å². The largest absolute Gasteiger partial charge is 0.496 e. The number of thiophene rings is 1. The van der Waals surface area contributed by atoms with Gasteiger partial charge in [0.05, 0.1) is 7.11 Å². The Balaban J connectivity index is 1.66. The predicted molar refractivity (Wildman–Crippen MR) is 79.7 cm³/mol. The van der Waals surface area contributed by atoms with Gasteiger partial charge in [0, 0.05) is 10.9 Å². The molecule has 3 rings (SSSR count). The molecule has 0 fully saturated rings. The van der Waals surface area contributed by atoms with E-state index >= 15 is 0 Å². The summed E-state index contributed by atoms with van der Waals surface area (Å²) in [4.78, 5) is 16.2. The zero-order valence-electron chi connectivity index (χ0n) is 11.7. The fourth-order valence-corrected chi connectivity index (χ4v) is 2.48. The number of ether oxygens (including phenoxy) is 2. The van der Waals surface area contributed by atoms with Crippen LogP contribution >= 0.6 is 11.3 Å². The minimum atomic E-state index is -0.507. The molecule has 0 amide bonds. The molecule has 0 unspecified atom stereocenters. The van der Waals surface area contributed by atoms with Gasteiger partial charge in [0.15, 0.2) is 6.61 Å². The number of nitrogens with zero attached hydrogens (tertiary/aromatic N) is 2. The van der Waals surface area contributed by atoms with E-state index in [4.69, 9.17) is 14.0 Å². The number of para-hydroxylation sites is 1. The summed E-state index contributed by atoms with van der Waals surface area (Å²) < 4.78 is 15.4. The van der Waals surface area contributed by atoms with E-state index < -0.39 is 5.97 Å². The Morgan fingerprint density at radius 3 is 2.95 bits per heavy atom. The predicted octanol–water partition coefficient (Wildman–Crippen LogP) is 3.16. The van der Waals surface area contributed by atoms with E-state index in [9.17, 15) is 4.79 Å². The second-order valence-electron chi connectivity index (χ2n) is 4.30. The fraction of sp³-hybridized carbons (Fsp3) is 0.133. The van der Waals surface area contributed by atoms with Crippen molar-refractivity contribution in [3.05, 3.63) is 52.5 Å². The van der Waals surface area contributed by atoms with Crippen LogP contribution in [-0.4, -0.2) is 23.2 Å². The van der Waals surface area contributed by atoms with Crippen LogP contribution in [0.4, 0.5) is 0 Å². The highest BCUT2D eigenvalue weighted by Gasteiger charge is 2.15. The maximum Gasteiger partial charge on any atom is 0.342 e. The Labute approximate surface area is 130 Å². The first kappa shape index (κ1) is 14.3. The molecule has 2 heterocycles. The van der Waals surface area contributed by atoms with Crippen LogP contribution in [0.15, 0.2) is 45.6 Å². The number of hydrogen-bond acceptors (Lipinski definition) is 7. The molecule has 0 aliphatic carbocycles. The molecule has 0 aliphatic heterocycles. The number of methoxy groups -OCH3 is 1. The Morgan fingerprint density at radius 1 is 1.32 bits per heavy atom. The molecule has 1 aromatic carbocycles. The Hall–Kier alpha value is -2.67. The molecule has 0 spiro atoms. The molecule has 0 radical (unpaired) electrons. The number of rotatable bonds is 5. The third kappa shape index (κ3) is 2.99. The van der Waals surface area contributed by atoms with Gasteiger partial charge in [-0.05, 0) is 23.6 Å². The van der Waals surface area contributed by atoms with Crippen LogP contribution < -0.4 is 4.74 Å². The number of aromatic nitrogens is 2. The van der Waals surface area contributed by atoms with Gasteiger partial charge < -0.3 is 14.0 Å². The Kier molecular flexibility index (Phi) is 4.15. The van der Waals surface area contributed by atoms with E-state index in [1.165, 1.54) is 7.11 Å². The lowest BCUT2D eigenvalue weighted by Crippen LogP contribution is -2.07. The summed E-state index contributed by atoms with van der Waals surface area (Å²) in [6.07, 6.45) is 0.